The zero-order chi connectivity index (χ0) is 16.4. The molecule has 0 spiro atoms. The van der Waals surface area contributed by atoms with Gasteiger partial charge in [0.2, 0.25) is 0 Å². The summed E-state index contributed by atoms with van der Waals surface area (Å²) in [6.45, 7) is 0. The Hall–Kier alpha value is -2.41. The highest BCUT2D eigenvalue weighted by molar-refractivity contribution is 7.07. The Kier molecular flexibility index (Phi) is 4.29. The molecule has 1 heterocycles. The van der Waals surface area contributed by atoms with E-state index < -0.39 is 11.9 Å². The van der Waals surface area contributed by atoms with E-state index in [0.717, 1.165) is 11.1 Å². The van der Waals surface area contributed by atoms with Crippen molar-refractivity contribution >= 4 is 23.2 Å². The molecule has 1 amide bonds. The van der Waals surface area contributed by atoms with Crippen LogP contribution in [-0.2, 0) is 11.2 Å². The highest BCUT2D eigenvalue weighted by atomic mass is 32.1. The molecule has 0 bridgehead atoms. The Morgan fingerprint density at radius 3 is 2.91 bits per heavy atom. The minimum atomic E-state index is -0.896. The van der Waals surface area contributed by atoms with Gasteiger partial charge in [-0.3, -0.25) is 9.59 Å². The first-order chi connectivity index (χ1) is 11.1. The maximum atomic E-state index is 12.1. The molecule has 0 saturated carbocycles. The van der Waals surface area contributed by atoms with Crippen molar-refractivity contribution in [3.63, 3.8) is 0 Å². The summed E-state index contributed by atoms with van der Waals surface area (Å²) in [7, 11) is 1.55. The quantitative estimate of drug-likeness (QED) is 0.895. The van der Waals surface area contributed by atoms with Gasteiger partial charge in [0.25, 0.3) is 5.91 Å². The van der Waals surface area contributed by atoms with E-state index in [1.54, 1.807) is 24.1 Å². The van der Waals surface area contributed by atoms with Gasteiger partial charge in [0.15, 0.2) is 0 Å². The number of carboxylic acid groups (broad SMARTS) is 1. The standard InChI is InChI=1S/C16H16N2O4S/c1-22-11-3-2-9-4-10(5-13(16(20)21)12(9)6-11)18-15(19)14-7-23-8-17-14/h2-3,6-8,10,13H,4-5H2,1H3,(H,18,19)(H,20,21)/t10-,13+/m0/s1. The van der Waals surface area contributed by atoms with Gasteiger partial charge in [-0.2, -0.15) is 0 Å². The number of thiazole rings is 1. The Bertz CT molecular complexity index is 730. The number of carbonyl (C=O) groups excluding carboxylic acids is 1. The smallest absolute Gasteiger partial charge is 0.311 e. The molecule has 6 nitrogen and oxygen atoms in total. The fraction of sp³-hybridized carbons (Fsp3) is 0.312. The van der Waals surface area contributed by atoms with Crippen molar-refractivity contribution < 1.29 is 19.4 Å². The van der Waals surface area contributed by atoms with Gasteiger partial charge < -0.3 is 15.2 Å². The summed E-state index contributed by atoms with van der Waals surface area (Å²) in [4.78, 5) is 27.7. The minimum Gasteiger partial charge on any atom is -0.497 e. The molecule has 0 radical (unpaired) electrons. The number of aliphatic carboxylic acids is 1. The van der Waals surface area contributed by atoms with E-state index in [1.165, 1.54) is 11.3 Å². The van der Waals surface area contributed by atoms with E-state index in [9.17, 15) is 14.7 Å². The van der Waals surface area contributed by atoms with Gasteiger partial charge in [0, 0.05) is 11.4 Å². The lowest BCUT2D eigenvalue weighted by Crippen LogP contribution is -2.41. The molecule has 2 N–H and O–H groups in total. The summed E-state index contributed by atoms with van der Waals surface area (Å²) in [5, 5.41) is 14.1. The van der Waals surface area contributed by atoms with Crippen molar-refractivity contribution in [1.29, 1.82) is 0 Å². The highest BCUT2D eigenvalue weighted by Crippen LogP contribution is 2.34. The topological polar surface area (TPSA) is 88.5 Å². The predicted octanol–water partition coefficient (Wildman–Crippen LogP) is 2.06. The number of nitrogens with zero attached hydrogens (tertiary/aromatic N) is 1. The van der Waals surface area contributed by atoms with Crippen molar-refractivity contribution in [2.75, 3.05) is 7.11 Å². The molecule has 1 aromatic heterocycles. The fourth-order valence-corrected chi connectivity index (χ4v) is 3.43. The minimum absolute atomic E-state index is 0.230. The van der Waals surface area contributed by atoms with Crippen LogP contribution in [0, 0.1) is 0 Å². The molecule has 1 aliphatic rings. The summed E-state index contributed by atoms with van der Waals surface area (Å²) in [6, 6.07) is 5.21. The second-order valence-corrected chi connectivity index (χ2v) is 6.16. The van der Waals surface area contributed by atoms with Gasteiger partial charge in [-0.05, 0) is 36.1 Å². The number of carboxylic acids is 1. The lowest BCUT2D eigenvalue weighted by atomic mass is 9.80. The Labute approximate surface area is 137 Å². The molecule has 23 heavy (non-hydrogen) atoms. The van der Waals surface area contributed by atoms with Crippen LogP contribution in [0.3, 0.4) is 0 Å². The summed E-state index contributed by atoms with van der Waals surface area (Å²) >= 11 is 1.35. The average molecular weight is 332 g/mol. The van der Waals surface area contributed by atoms with Crippen LogP contribution in [0.5, 0.6) is 5.75 Å². The monoisotopic (exact) mass is 332 g/mol. The number of hydrogen-bond donors (Lipinski definition) is 2. The summed E-state index contributed by atoms with van der Waals surface area (Å²) in [5.41, 5.74) is 3.64. The first-order valence-electron chi connectivity index (χ1n) is 7.17. The first-order valence-corrected chi connectivity index (χ1v) is 8.11. The number of carbonyl (C=O) groups is 2. The fourth-order valence-electron chi connectivity index (χ4n) is 2.90. The molecule has 2 aromatic rings. The van der Waals surface area contributed by atoms with Crippen LogP contribution in [-0.4, -0.2) is 35.1 Å². The Morgan fingerprint density at radius 2 is 2.26 bits per heavy atom. The number of ether oxygens (including phenoxy) is 1. The van der Waals surface area contributed by atoms with E-state index in [1.807, 2.05) is 12.1 Å². The second kappa shape index (κ2) is 6.37. The van der Waals surface area contributed by atoms with Gasteiger partial charge in [-0.25, -0.2) is 4.98 Å². The van der Waals surface area contributed by atoms with Crippen LogP contribution in [0.25, 0.3) is 0 Å². The molecule has 2 atom stereocenters. The third kappa shape index (κ3) is 3.19. The van der Waals surface area contributed by atoms with Crippen molar-refractivity contribution in [2.24, 2.45) is 0 Å². The van der Waals surface area contributed by atoms with Crippen LogP contribution in [0.4, 0.5) is 0 Å². The van der Waals surface area contributed by atoms with Crippen molar-refractivity contribution in [3.05, 3.63) is 45.9 Å². The second-order valence-electron chi connectivity index (χ2n) is 5.44. The van der Waals surface area contributed by atoms with E-state index in [2.05, 4.69) is 10.3 Å². The van der Waals surface area contributed by atoms with Gasteiger partial charge in [0.05, 0.1) is 18.5 Å². The van der Waals surface area contributed by atoms with E-state index in [-0.39, 0.29) is 11.9 Å². The van der Waals surface area contributed by atoms with Crippen molar-refractivity contribution in [3.8, 4) is 5.75 Å². The number of fused-ring (bicyclic) bond motifs is 1. The largest absolute Gasteiger partial charge is 0.497 e. The van der Waals surface area contributed by atoms with Crippen LogP contribution in [0.15, 0.2) is 29.1 Å². The molecular weight excluding hydrogens is 316 g/mol. The van der Waals surface area contributed by atoms with Crippen LogP contribution < -0.4 is 10.1 Å². The summed E-state index contributed by atoms with van der Waals surface area (Å²) < 4.78 is 5.18. The average Bonchev–Trinajstić information content (AvgIpc) is 3.08. The van der Waals surface area contributed by atoms with Gasteiger partial charge >= 0.3 is 5.97 Å². The molecule has 0 saturated heterocycles. The number of rotatable bonds is 4. The zero-order valence-corrected chi connectivity index (χ0v) is 13.3. The van der Waals surface area contributed by atoms with Gasteiger partial charge in [-0.1, -0.05) is 6.07 Å². The maximum absolute atomic E-state index is 12.1. The van der Waals surface area contributed by atoms with Crippen LogP contribution in [0.1, 0.15) is 34.0 Å². The summed E-state index contributed by atoms with van der Waals surface area (Å²) in [6.07, 6.45) is 0.949. The van der Waals surface area contributed by atoms with Gasteiger partial charge in [-0.15, -0.1) is 11.3 Å². The molecule has 1 aromatic carbocycles. The van der Waals surface area contributed by atoms with Crippen LogP contribution in [0.2, 0.25) is 0 Å². The Balaban J connectivity index is 1.83. The zero-order valence-electron chi connectivity index (χ0n) is 12.5. The lowest BCUT2D eigenvalue weighted by molar-refractivity contribution is -0.139. The summed E-state index contributed by atoms with van der Waals surface area (Å²) in [5.74, 6) is -1.18. The predicted molar refractivity (Wildman–Crippen MR) is 85.1 cm³/mol. The van der Waals surface area contributed by atoms with Crippen molar-refractivity contribution in [2.45, 2.75) is 24.8 Å². The molecule has 0 fully saturated rings. The third-order valence-corrected chi connectivity index (χ3v) is 4.60. The van der Waals surface area contributed by atoms with E-state index in [4.69, 9.17) is 4.74 Å². The number of hydrogen-bond acceptors (Lipinski definition) is 5. The molecule has 7 heteroatoms. The highest BCUT2D eigenvalue weighted by Gasteiger charge is 2.33. The van der Waals surface area contributed by atoms with Crippen LogP contribution >= 0.6 is 11.3 Å². The number of benzene rings is 1. The molecular formula is C16H16N2O4S. The van der Waals surface area contributed by atoms with Crippen molar-refractivity contribution in [1.82, 2.24) is 10.3 Å². The first kappa shape index (κ1) is 15.5. The Morgan fingerprint density at radius 1 is 1.43 bits per heavy atom. The van der Waals surface area contributed by atoms with E-state index in [0.29, 0.717) is 24.3 Å². The number of nitrogens with one attached hydrogen (secondary N) is 1. The SMILES string of the molecule is COc1ccc2c(c1)[C@H](C(=O)O)C[C@@H](NC(=O)c1cscn1)C2. The lowest BCUT2D eigenvalue weighted by Gasteiger charge is -2.30. The molecule has 1 aliphatic carbocycles. The van der Waals surface area contributed by atoms with Gasteiger partial charge in [0.1, 0.15) is 11.4 Å². The number of methoxy groups -OCH3 is 1. The normalized spacial score (nSPS) is 19.7. The molecule has 0 aliphatic heterocycles. The molecule has 3 rings (SSSR count). The molecule has 120 valence electrons. The number of amides is 1. The maximum Gasteiger partial charge on any atom is 0.311 e. The number of aromatic nitrogens is 1. The third-order valence-electron chi connectivity index (χ3n) is 4.01. The molecule has 0 unspecified atom stereocenters. The van der Waals surface area contributed by atoms with E-state index >= 15 is 0 Å².